The zero-order valence-corrected chi connectivity index (χ0v) is 16.5. The van der Waals surface area contributed by atoms with Gasteiger partial charge in [-0.25, -0.2) is 0 Å². The molecule has 0 spiro atoms. The van der Waals surface area contributed by atoms with Gasteiger partial charge in [-0.3, -0.25) is 0 Å². The molecule has 0 aromatic rings. The molecule has 4 nitrogen and oxygen atoms in total. The largest absolute Gasteiger partial charge is 0.491 e. The predicted octanol–water partition coefficient (Wildman–Crippen LogP) is 6.16. The van der Waals surface area contributed by atoms with Crippen LogP contribution >= 0.6 is 0 Å². The van der Waals surface area contributed by atoms with Crippen molar-refractivity contribution in [3.8, 4) is 0 Å². The molecule has 0 aliphatic carbocycles. The molecule has 0 amide bonds. The van der Waals surface area contributed by atoms with E-state index in [2.05, 4.69) is 27.7 Å². The third-order valence-corrected chi connectivity index (χ3v) is 3.66. The molecule has 144 valence electrons. The van der Waals surface area contributed by atoms with Crippen molar-refractivity contribution in [3.63, 3.8) is 0 Å². The molecule has 0 rings (SSSR count). The van der Waals surface area contributed by atoms with Crippen molar-refractivity contribution in [3.05, 3.63) is 11.7 Å². The maximum atomic E-state index is 5.97. The normalized spacial score (nSPS) is 12.0. The van der Waals surface area contributed by atoms with Crippen LogP contribution in [0.4, 0.5) is 0 Å². The monoisotopic (exact) mass is 344 g/mol. The fraction of sp³-hybridized carbons (Fsp3) is 0.900. The number of allylic oxidation sites excluding steroid dienone is 1. The van der Waals surface area contributed by atoms with E-state index in [0.29, 0.717) is 12.6 Å². The van der Waals surface area contributed by atoms with E-state index in [9.17, 15) is 0 Å². The van der Waals surface area contributed by atoms with Crippen molar-refractivity contribution < 1.29 is 18.9 Å². The fourth-order valence-electron chi connectivity index (χ4n) is 2.02. The third kappa shape index (κ3) is 13.5. The van der Waals surface area contributed by atoms with Crippen molar-refractivity contribution >= 4 is 0 Å². The van der Waals surface area contributed by atoms with Gasteiger partial charge < -0.3 is 18.9 Å². The van der Waals surface area contributed by atoms with Crippen LogP contribution in [0.5, 0.6) is 0 Å². The van der Waals surface area contributed by atoms with Gasteiger partial charge in [0.25, 0.3) is 0 Å². The highest BCUT2D eigenvalue weighted by atomic mass is 16.7. The van der Waals surface area contributed by atoms with Crippen LogP contribution in [0, 0.1) is 0 Å². The second-order valence-corrected chi connectivity index (χ2v) is 6.10. The first-order valence-electron chi connectivity index (χ1n) is 9.99. The highest BCUT2D eigenvalue weighted by Crippen LogP contribution is 2.19. The van der Waals surface area contributed by atoms with E-state index in [0.717, 1.165) is 70.3 Å². The molecule has 0 bridgehead atoms. The molecule has 0 radical (unpaired) electrons. The number of unbranched alkanes of at least 4 members (excludes halogenated alkanes) is 5. The Morgan fingerprint density at radius 1 is 0.583 bits per heavy atom. The van der Waals surface area contributed by atoms with Gasteiger partial charge in [-0.15, -0.1) is 0 Å². The first-order valence-corrected chi connectivity index (χ1v) is 9.99. The summed E-state index contributed by atoms with van der Waals surface area (Å²) in [7, 11) is 0. The zero-order valence-electron chi connectivity index (χ0n) is 16.5. The Kier molecular flexibility index (Phi) is 17.7. The van der Waals surface area contributed by atoms with E-state index in [-0.39, 0.29) is 6.79 Å². The summed E-state index contributed by atoms with van der Waals surface area (Å²) in [6, 6.07) is 0. The van der Waals surface area contributed by atoms with Gasteiger partial charge in [0, 0.05) is 6.42 Å². The number of ether oxygens (including phenoxy) is 4. The van der Waals surface area contributed by atoms with Crippen LogP contribution in [0.1, 0.15) is 91.9 Å². The lowest BCUT2D eigenvalue weighted by atomic mass is 10.2. The molecular weight excluding hydrogens is 304 g/mol. The van der Waals surface area contributed by atoms with Crippen molar-refractivity contribution in [2.24, 2.45) is 0 Å². The first kappa shape index (κ1) is 23.1. The van der Waals surface area contributed by atoms with Crippen LogP contribution < -0.4 is 0 Å². The minimum atomic E-state index is 0.232. The zero-order chi connectivity index (χ0) is 17.9. The Labute approximate surface area is 149 Å². The molecule has 0 saturated heterocycles. The second-order valence-electron chi connectivity index (χ2n) is 6.10. The Morgan fingerprint density at radius 3 is 1.79 bits per heavy atom. The third-order valence-electron chi connectivity index (χ3n) is 3.66. The van der Waals surface area contributed by atoms with Gasteiger partial charge in [-0.2, -0.15) is 0 Å². The Hall–Kier alpha value is -0.900. The van der Waals surface area contributed by atoms with E-state index in [1.807, 2.05) is 0 Å². The van der Waals surface area contributed by atoms with Crippen molar-refractivity contribution in [2.45, 2.75) is 91.9 Å². The van der Waals surface area contributed by atoms with Gasteiger partial charge in [0.2, 0.25) is 0 Å². The lowest BCUT2D eigenvalue weighted by molar-refractivity contribution is -0.0843. The van der Waals surface area contributed by atoms with Crippen molar-refractivity contribution in [1.82, 2.24) is 0 Å². The molecule has 0 aromatic carbocycles. The quantitative estimate of drug-likeness (QED) is 0.169. The minimum absolute atomic E-state index is 0.232. The highest BCUT2D eigenvalue weighted by molar-refractivity contribution is 4.95. The summed E-state index contributed by atoms with van der Waals surface area (Å²) in [6.45, 7) is 11.0. The summed E-state index contributed by atoms with van der Waals surface area (Å²) < 4.78 is 23.1. The fourth-order valence-corrected chi connectivity index (χ4v) is 2.02. The average Bonchev–Trinajstić information content (AvgIpc) is 2.59. The van der Waals surface area contributed by atoms with Gasteiger partial charge in [-0.05, 0) is 25.7 Å². The average molecular weight is 345 g/mol. The Morgan fingerprint density at radius 2 is 1.17 bits per heavy atom. The van der Waals surface area contributed by atoms with Crippen molar-refractivity contribution in [1.29, 1.82) is 0 Å². The smallest absolute Gasteiger partial charge is 0.321 e. The maximum absolute atomic E-state index is 5.97. The molecule has 0 unspecified atom stereocenters. The van der Waals surface area contributed by atoms with Gasteiger partial charge in [0.15, 0.2) is 12.6 Å². The molecule has 0 heterocycles. The van der Waals surface area contributed by atoms with E-state index in [4.69, 9.17) is 18.9 Å². The summed E-state index contributed by atoms with van der Waals surface area (Å²) >= 11 is 0. The molecular formula is C20H40O4. The molecule has 0 aliphatic heterocycles. The molecule has 0 fully saturated rings. The summed E-state index contributed by atoms with van der Waals surface area (Å²) in [5.74, 6) is 1.39. The van der Waals surface area contributed by atoms with E-state index in [1.165, 1.54) is 12.8 Å². The van der Waals surface area contributed by atoms with E-state index in [1.54, 1.807) is 0 Å². The Bertz CT molecular complexity index is 277. The van der Waals surface area contributed by atoms with Gasteiger partial charge in [-0.1, -0.05) is 59.8 Å². The molecule has 0 saturated carbocycles. The highest BCUT2D eigenvalue weighted by Gasteiger charge is 2.13. The minimum Gasteiger partial charge on any atom is -0.491 e. The lowest BCUT2D eigenvalue weighted by Crippen LogP contribution is -2.10. The molecule has 0 atom stereocenters. The number of hydrogen-bond donors (Lipinski definition) is 0. The van der Waals surface area contributed by atoms with Crippen LogP contribution in [0.25, 0.3) is 0 Å². The molecule has 24 heavy (non-hydrogen) atoms. The Balaban J connectivity index is 4.67. The van der Waals surface area contributed by atoms with Crippen LogP contribution in [0.3, 0.4) is 0 Å². The van der Waals surface area contributed by atoms with Crippen molar-refractivity contribution in [2.75, 3.05) is 26.6 Å². The molecule has 4 heteroatoms. The standard InChI is InChI=1S/C20H40O4/c1-5-9-13-14-19(22-16-11-7-3)20(23-17-12-8-4)24-18-21-15-10-6-2/h5-18H2,1-4H3. The molecule has 0 aliphatic rings. The number of rotatable bonds is 18. The molecule has 0 aromatic heterocycles. The second kappa shape index (κ2) is 18.4. The molecule has 0 N–H and O–H groups in total. The van der Waals surface area contributed by atoms with Crippen LogP contribution in [0.2, 0.25) is 0 Å². The van der Waals surface area contributed by atoms with Crippen LogP contribution in [-0.2, 0) is 18.9 Å². The lowest BCUT2D eigenvalue weighted by Gasteiger charge is -2.17. The predicted molar refractivity (Wildman–Crippen MR) is 99.7 cm³/mol. The van der Waals surface area contributed by atoms with E-state index < -0.39 is 0 Å². The summed E-state index contributed by atoms with van der Waals surface area (Å²) in [4.78, 5) is 0. The van der Waals surface area contributed by atoms with Gasteiger partial charge in [0.1, 0.15) is 0 Å². The van der Waals surface area contributed by atoms with Crippen LogP contribution in [0.15, 0.2) is 11.7 Å². The summed E-state index contributed by atoms with van der Waals surface area (Å²) in [6.07, 6.45) is 10.8. The summed E-state index contributed by atoms with van der Waals surface area (Å²) in [5.41, 5.74) is 0. The summed E-state index contributed by atoms with van der Waals surface area (Å²) in [5, 5.41) is 0. The maximum Gasteiger partial charge on any atom is 0.321 e. The van der Waals surface area contributed by atoms with Crippen LogP contribution in [-0.4, -0.2) is 26.6 Å². The SMILES string of the molecule is CCCCCC(OCCCC)=C(OCCCC)OCOCCCC. The van der Waals surface area contributed by atoms with Gasteiger partial charge in [0.05, 0.1) is 19.8 Å². The first-order chi connectivity index (χ1) is 11.8. The number of hydrogen-bond acceptors (Lipinski definition) is 4. The topological polar surface area (TPSA) is 36.9 Å². The van der Waals surface area contributed by atoms with Gasteiger partial charge >= 0.3 is 5.95 Å². The van der Waals surface area contributed by atoms with E-state index >= 15 is 0 Å².